The van der Waals surface area contributed by atoms with Gasteiger partial charge >= 0.3 is 0 Å². The number of hydrogen-bond donors (Lipinski definition) is 1. The van der Waals surface area contributed by atoms with Gasteiger partial charge < -0.3 is 10.5 Å². The quantitative estimate of drug-likeness (QED) is 0.885. The molecule has 0 amide bonds. The van der Waals surface area contributed by atoms with Gasteiger partial charge in [-0.1, -0.05) is 25.3 Å². The van der Waals surface area contributed by atoms with E-state index in [1.54, 1.807) is 0 Å². The summed E-state index contributed by atoms with van der Waals surface area (Å²) in [4.78, 5) is 4.35. The number of rotatable bonds is 5. The SMILES string of the molecule is CCOC(C1CCCCC1)C(N)c1ccc(C)nc1. The highest BCUT2D eigenvalue weighted by Gasteiger charge is 2.30. The van der Waals surface area contributed by atoms with Crippen molar-refractivity contribution in [3.63, 3.8) is 0 Å². The van der Waals surface area contributed by atoms with Crippen LogP contribution >= 0.6 is 0 Å². The molecular formula is C16H26N2O. The molecule has 3 heteroatoms. The molecule has 1 saturated carbocycles. The lowest BCUT2D eigenvalue weighted by molar-refractivity contribution is -0.00991. The summed E-state index contributed by atoms with van der Waals surface area (Å²) >= 11 is 0. The van der Waals surface area contributed by atoms with E-state index in [-0.39, 0.29) is 12.1 Å². The van der Waals surface area contributed by atoms with Crippen molar-refractivity contribution >= 4 is 0 Å². The van der Waals surface area contributed by atoms with Gasteiger partial charge in [0.2, 0.25) is 0 Å². The smallest absolute Gasteiger partial charge is 0.0796 e. The Morgan fingerprint density at radius 1 is 1.32 bits per heavy atom. The molecule has 0 spiro atoms. The predicted octanol–water partition coefficient (Wildman–Crippen LogP) is 3.38. The van der Waals surface area contributed by atoms with Gasteiger partial charge in [-0.05, 0) is 44.2 Å². The third kappa shape index (κ3) is 3.77. The Morgan fingerprint density at radius 2 is 2.05 bits per heavy atom. The average molecular weight is 262 g/mol. The molecule has 1 aromatic heterocycles. The summed E-state index contributed by atoms with van der Waals surface area (Å²) in [6.07, 6.45) is 8.51. The van der Waals surface area contributed by atoms with E-state index in [0.717, 1.165) is 17.9 Å². The summed E-state index contributed by atoms with van der Waals surface area (Å²) in [5.74, 6) is 0.602. The largest absolute Gasteiger partial charge is 0.376 e. The summed E-state index contributed by atoms with van der Waals surface area (Å²) in [7, 11) is 0. The van der Waals surface area contributed by atoms with Gasteiger partial charge in [0.1, 0.15) is 0 Å². The van der Waals surface area contributed by atoms with Crippen molar-refractivity contribution in [2.24, 2.45) is 11.7 Å². The predicted molar refractivity (Wildman–Crippen MR) is 77.9 cm³/mol. The van der Waals surface area contributed by atoms with Gasteiger partial charge in [-0.15, -0.1) is 0 Å². The molecule has 1 heterocycles. The van der Waals surface area contributed by atoms with Gasteiger partial charge in [0.25, 0.3) is 0 Å². The second kappa shape index (κ2) is 7.01. The molecule has 19 heavy (non-hydrogen) atoms. The molecule has 0 aromatic carbocycles. The molecular weight excluding hydrogens is 236 g/mol. The normalized spacial score (nSPS) is 20.2. The molecule has 3 nitrogen and oxygen atoms in total. The highest BCUT2D eigenvalue weighted by atomic mass is 16.5. The van der Waals surface area contributed by atoms with Crippen LogP contribution in [0.4, 0.5) is 0 Å². The Kier molecular flexibility index (Phi) is 5.34. The van der Waals surface area contributed by atoms with Crippen LogP contribution in [0, 0.1) is 12.8 Å². The monoisotopic (exact) mass is 262 g/mol. The van der Waals surface area contributed by atoms with Crippen LogP contribution in [0.3, 0.4) is 0 Å². The van der Waals surface area contributed by atoms with E-state index in [0.29, 0.717) is 5.92 Å². The molecule has 0 radical (unpaired) electrons. The first-order valence-corrected chi connectivity index (χ1v) is 7.52. The Balaban J connectivity index is 2.10. The van der Waals surface area contributed by atoms with Gasteiger partial charge in [-0.25, -0.2) is 0 Å². The molecule has 1 aromatic rings. The first-order chi connectivity index (χ1) is 9.22. The minimum Gasteiger partial charge on any atom is -0.376 e. The van der Waals surface area contributed by atoms with Crippen molar-refractivity contribution in [3.05, 3.63) is 29.6 Å². The lowest BCUT2D eigenvalue weighted by atomic mass is 9.81. The minimum absolute atomic E-state index is 0.0591. The molecule has 2 N–H and O–H groups in total. The maximum atomic E-state index is 6.44. The fraction of sp³-hybridized carbons (Fsp3) is 0.688. The van der Waals surface area contributed by atoms with Gasteiger partial charge in [-0.2, -0.15) is 0 Å². The van der Waals surface area contributed by atoms with E-state index >= 15 is 0 Å². The van der Waals surface area contributed by atoms with Crippen LogP contribution in [0.2, 0.25) is 0 Å². The number of aromatic nitrogens is 1. The number of nitrogens with two attached hydrogens (primary N) is 1. The van der Waals surface area contributed by atoms with E-state index in [1.165, 1.54) is 32.1 Å². The zero-order valence-electron chi connectivity index (χ0n) is 12.1. The molecule has 0 bridgehead atoms. The fourth-order valence-corrected chi connectivity index (χ4v) is 3.05. The molecule has 1 aliphatic rings. The van der Waals surface area contributed by atoms with Crippen LogP contribution in [0.15, 0.2) is 18.3 Å². The topological polar surface area (TPSA) is 48.1 Å². The molecule has 1 aliphatic carbocycles. The Morgan fingerprint density at radius 3 is 2.63 bits per heavy atom. The van der Waals surface area contributed by atoms with Gasteiger partial charge in [0, 0.05) is 18.5 Å². The van der Waals surface area contributed by atoms with Gasteiger partial charge in [0.05, 0.1) is 12.1 Å². The first-order valence-electron chi connectivity index (χ1n) is 7.52. The lowest BCUT2D eigenvalue weighted by Crippen LogP contribution is -2.36. The summed E-state index contributed by atoms with van der Waals surface area (Å²) in [6, 6.07) is 4.05. The second-order valence-electron chi connectivity index (χ2n) is 5.58. The van der Waals surface area contributed by atoms with Crippen molar-refractivity contribution in [3.8, 4) is 0 Å². The summed E-state index contributed by atoms with van der Waals surface area (Å²) in [5.41, 5.74) is 8.56. The van der Waals surface area contributed by atoms with Gasteiger partial charge in [0.15, 0.2) is 0 Å². The van der Waals surface area contributed by atoms with Gasteiger partial charge in [-0.3, -0.25) is 4.98 Å². The van der Waals surface area contributed by atoms with Crippen molar-refractivity contribution < 1.29 is 4.74 Å². The van der Waals surface area contributed by atoms with Crippen molar-refractivity contribution in [1.29, 1.82) is 0 Å². The second-order valence-corrected chi connectivity index (χ2v) is 5.58. The van der Waals surface area contributed by atoms with Crippen molar-refractivity contribution in [2.75, 3.05) is 6.61 Å². The maximum Gasteiger partial charge on any atom is 0.0796 e. The summed E-state index contributed by atoms with van der Waals surface area (Å²) in [5, 5.41) is 0. The number of aryl methyl sites for hydroxylation is 1. The molecule has 2 rings (SSSR count). The summed E-state index contributed by atoms with van der Waals surface area (Å²) in [6.45, 7) is 4.78. The lowest BCUT2D eigenvalue weighted by Gasteiger charge is -2.34. The van der Waals surface area contributed by atoms with Crippen LogP contribution in [0.1, 0.15) is 56.3 Å². The summed E-state index contributed by atoms with van der Waals surface area (Å²) < 4.78 is 5.98. The highest BCUT2D eigenvalue weighted by Crippen LogP contribution is 2.33. The van der Waals surface area contributed by atoms with Crippen molar-refractivity contribution in [1.82, 2.24) is 4.98 Å². The third-order valence-corrected chi connectivity index (χ3v) is 4.15. The number of nitrogens with zero attached hydrogens (tertiary/aromatic N) is 1. The Hall–Kier alpha value is -0.930. The third-order valence-electron chi connectivity index (χ3n) is 4.15. The average Bonchev–Trinajstić information content (AvgIpc) is 2.46. The van der Waals surface area contributed by atoms with E-state index in [2.05, 4.69) is 18.0 Å². The van der Waals surface area contributed by atoms with E-state index in [4.69, 9.17) is 10.5 Å². The molecule has 2 atom stereocenters. The Bertz CT molecular complexity index is 371. The van der Waals surface area contributed by atoms with Crippen LogP contribution in [-0.2, 0) is 4.74 Å². The Labute approximate surface area is 116 Å². The van der Waals surface area contributed by atoms with Crippen LogP contribution < -0.4 is 5.73 Å². The number of pyridine rings is 1. The zero-order valence-corrected chi connectivity index (χ0v) is 12.1. The van der Waals surface area contributed by atoms with E-state index in [1.807, 2.05) is 19.2 Å². The zero-order chi connectivity index (χ0) is 13.7. The van der Waals surface area contributed by atoms with E-state index < -0.39 is 0 Å². The fourth-order valence-electron chi connectivity index (χ4n) is 3.05. The van der Waals surface area contributed by atoms with Crippen LogP contribution in [-0.4, -0.2) is 17.7 Å². The number of hydrogen-bond acceptors (Lipinski definition) is 3. The standard InChI is InChI=1S/C16H26N2O/c1-3-19-16(13-7-5-4-6-8-13)15(17)14-10-9-12(2)18-11-14/h9-11,13,15-16H,3-8,17H2,1-2H3. The highest BCUT2D eigenvalue weighted by molar-refractivity contribution is 5.18. The van der Waals surface area contributed by atoms with Crippen LogP contribution in [0.5, 0.6) is 0 Å². The van der Waals surface area contributed by atoms with Crippen molar-refractivity contribution in [2.45, 2.75) is 58.1 Å². The molecule has 1 fully saturated rings. The van der Waals surface area contributed by atoms with Crippen LogP contribution in [0.25, 0.3) is 0 Å². The first kappa shape index (κ1) is 14.5. The molecule has 0 saturated heterocycles. The molecule has 106 valence electrons. The molecule has 0 aliphatic heterocycles. The minimum atomic E-state index is -0.0591. The number of ether oxygens (including phenoxy) is 1. The van der Waals surface area contributed by atoms with E-state index in [9.17, 15) is 0 Å². The maximum absolute atomic E-state index is 6.44. The molecule has 2 unspecified atom stereocenters.